The summed E-state index contributed by atoms with van der Waals surface area (Å²) >= 11 is 0. The molecule has 0 heterocycles. The van der Waals surface area contributed by atoms with Crippen LogP contribution >= 0.6 is 0 Å². The fourth-order valence-electron chi connectivity index (χ4n) is 2.81. The Hall–Kier alpha value is -2.23. The van der Waals surface area contributed by atoms with E-state index in [9.17, 15) is 13.6 Å². The monoisotopic (exact) mass is 287 g/mol. The number of rotatable bonds is 2. The molecule has 0 atom stereocenters. The third-order valence-electron chi connectivity index (χ3n) is 3.92. The molecule has 21 heavy (non-hydrogen) atoms. The van der Waals surface area contributed by atoms with Gasteiger partial charge in [0, 0.05) is 5.56 Å². The number of aryl methyl sites for hydroxylation is 2. The number of hydrogen-bond acceptors (Lipinski definition) is 2. The number of nitrogen functional groups attached to an aromatic ring is 1. The lowest BCUT2D eigenvalue weighted by Crippen LogP contribution is -2.10. The number of fused-ring (bicyclic) bond motifs is 1. The maximum absolute atomic E-state index is 13.9. The van der Waals surface area contributed by atoms with Crippen molar-refractivity contribution in [2.45, 2.75) is 25.7 Å². The number of halogens is 2. The van der Waals surface area contributed by atoms with Gasteiger partial charge in [-0.05, 0) is 55.0 Å². The minimum Gasteiger partial charge on any atom is -0.396 e. The highest BCUT2D eigenvalue weighted by Gasteiger charge is 2.19. The van der Waals surface area contributed by atoms with Crippen LogP contribution in [0.4, 0.5) is 14.5 Å². The van der Waals surface area contributed by atoms with Gasteiger partial charge in [-0.2, -0.15) is 0 Å². The van der Waals surface area contributed by atoms with Crippen LogP contribution in [0.25, 0.3) is 0 Å². The molecule has 0 aliphatic heterocycles. The molecule has 2 N–H and O–H groups in total. The zero-order chi connectivity index (χ0) is 15.0. The van der Waals surface area contributed by atoms with Gasteiger partial charge in [0.15, 0.2) is 11.6 Å². The molecule has 0 spiro atoms. The van der Waals surface area contributed by atoms with Gasteiger partial charge in [0.25, 0.3) is 0 Å². The number of benzene rings is 2. The van der Waals surface area contributed by atoms with E-state index in [0.717, 1.165) is 43.4 Å². The van der Waals surface area contributed by atoms with Crippen molar-refractivity contribution in [3.63, 3.8) is 0 Å². The SMILES string of the molecule is Nc1cc(F)cc(C(=O)c2ccc3c(c2)CCCC3)c1F. The van der Waals surface area contributed by atoms with E-state index >= 15 is 0 Å². The van der Waals surface area contributed by atoms with Crippen LogP contribution in [-0.4, -0.2) is 5.78 Å². The van der Waals surface area contributed by atoms with E-state index in [1.165, 1.54) is 5.56 Å². The van der Waals surface area contributed by atoms with Gasteiger partial charge >= 0.3 is 0 Å². The highest BCUT2D eigenvalue weighted by molar-refractivity contribution is 6.09. The summed E-state index contributed by atoms with van der Waals surface area (Å²) in [5.41, 5.74) is 7.44. The van der Waals surface area contributed by atoms with Gasteiger partial charge in [-0.3, -0.25) is 4.79 Å². The molecule has 0 bridgehead atoms. The molecule has 0 saturated heterocycles. The summed E-state index contributed by atoms with van der Waals surface area (Å²) in [5, 5.41) is 0. The van der Waals surface area contributed by atoms with Crippen molar-refractivity contribution in [2.75, 3.05) is 5.73 Å². The van der Waals surface area contributed by atoms with E-state index in [2.05, 4.69) is 0 Å². The summed E-state index contributed by atoms with van der Waals surface area (Å²) in [6.07, 6.45) is 4.16. The average molecular weight is 287 g/mol. The molecular formula is C17H15F2NO. The van der Waals surface area contributed by atoms with Crippen LogP contribution in [0, 0.1) is 11.6 Å². The Morgan fingerprint density at radius 3 is 2.48 bits per heavy atom. The lowest BCUT2D eigenvalue weighted by molar-refractivity contribution is 0.103. The first-order valence-electron chi connectivity index (χ1n) is 6.97. The Kier molecular flexibility index (Phi) is 3.45. The number of carbonyl (C=O) groups excluding carboxylic acids is 1. The lowest BCUT2D eigenvalue weighted by Gasteiger charge is -2.16. The predicted molar refractivity (Wildman–Crippen MR) is 77.3 cm³/mol. The number of ketones is 1. The van der Waals surface area contributed by atoms with Gasteiger partial charge in [-0.15, -0.1) is 0 Å². The van der Waals surface area contributed by atoms with Crippen molar-refractivity contribution < 1.29 is 13.6 Å². The Balaban J connectivity index is 2.03. The van der Waals surface area contributed by atoms with Crippen molar-refractivity contribution in [2.24, 2.45) is 0 Å². The van der Waals surface area contributed by atoms with Crippen molar-refractivity contribution in [1.82, 2.24) is 0 Å². The van der Waals surface area contributed by atoms with Crippen molar-refractivity contribution in [3.05, 3.63) is 64.2 Å². The maximum atomic E-state index is 13.9. The van der Waals surface area contributed by atoms with Crippen molar-refractivity contribution in [1.29, 1.82) is 0 Å². The topological polar surface area (TPSA) is 43.1 Å². The fraction of sp³-hybridized carbons (Fsp3) is 0.235. The first kappa shape index (κ1) is 13.7. The summed E-state index contributed by atoms with van der Waals surface area (Å²) in [6, 6.07) is 7.14. The molecule has 0 unspecified atom stereocenters. The second-order valence-corrected chi connectivity index (χ2v) is 5.38. The van der Waals surface area contributed by atoms with E-state index in [1.807, 2.05) is 6.07 Å². The van der Waals surface area contributed by atoms with E-state index in [4.69, 9.17) is 5.73 Å². The lowest BCUT2D eigenvalue weighted by atomic mass is 9.89. The van der Waals surface area contributed by atoms with Crippen LogP contribution in [0.1, 0.15) is 39.9 Å². The Labute approximate surface area is 121 Å². The molecule has 1 aliphatic carbocycles. The van der Waals surface area contributed by atoms with Crippen molar-refractivity contribution >= 4 is 11.5 Å². The standard InChI is InChI=1S/C17H15F2NO/c18-13-8-14(16(19)15(20)9-13)17(21)12-6-5-10-3-1-2-4-11(10)7-12/h5-9H,1-4,20H2. The van der Waals surface area contributed by atoms with Crippen LogP contribution in [0.15, 0.2) is 30.3 Å². The predicted octanol–water partition coefficient (Wildman–Crippen LogP) is 3.66. The third-order valence-corrected chi connectivity index (χ3v) is 3.92. The fourth-order valence-corrected chi connectivity index (χ4v) is 2.81. The van der Waals surface area contributed by atoms with Crippen LogP contribution in [0.5, 0.6) is 0 Å². The highest BCUT2D eigenvalue weighted by Crippen LogP contribution is 2.25. The molecular weight excluding hydrogens is 272 g/mol. The molecule has 0 aromatic heterocycles. The summed E-state index contributed by atoms with van der Waals surface area (Å²) in [7, 11) is 0. The van der Waals surface area contributed by atoms with E-state index in [-0.39, 0.29) is 11.3 Å². The number of anilines is 1. The minimum atomic E-state index is -0.862. The molecule has 0 fully saturated rings. The van der Waals surface area contributed by atoms with Crippen molar-refractivity contribution in [3.8, 4) is 0 Å². The summed E-state index contributed by atoms with van der Waals surface area (Å²) < 4.78 is 27.3. The summed E-state index contributed by atoms with van der Waals surface area (Å²) in [5.74, 6) is -2.11. The van der Waals surface area contributed by atoms with E-state index < -0.39 is 17.4 Å². The molecule has 1 aliphatic rings. The minimum absolute atomic E-state index is 0.316. The molecule has 2 aromatic rings. The van der Waals surface area contributed by atoms with Crippen LogP contribution in [0.2, 0.25) is 0 Å². The number of hydrogen-bond donors (Lipinski definition) is 1. The first-order chi connectivity index (χ1) is 10.1. The summed E-state index contributed by atoms with van der Waals surface area (Å²) in [4.78, 5) is 12.4. The van der Waals surface area contributed by atoms with Gasteiger partial charge in [0.05, 0.1) is 11.3 Å². The van der Waals surface area contributed by atoms with E-state index in [0.29, 0.717) is 5.56 Å². The Morgan fingerprint density at radius 1 is 1.00 bits per heavy atom. The molecule has 3 rings (SSSR count). The molecule has 0 amide bonds. The summed E-state index contributed by atoms with van der Waals surface area (Å²) in [6.45, 7) is 0. The van der Waals surface area contributed by atoms with Crippen LogP contribution < -0.4 is 5.73 Å². The van der Waals surface area contributed by atoms with Gasteiger partial charge in [0.2, 0.25) is 0 Å². The van der Waals surface area contributed by atoms with Crippen LogP contribution in [-0.2, 0) is 12.8 Å². The van der Waals surface area contributed by atoms with Gasteiger partial charge in [-0.25, -0.2) is 8.78 Å². The average Bonchev–Trinajstić information content (AvgIpc) is 2.49. The Morgan fingerprint density at radius 2 is 1.71 bits per heavy atom. The number of carbonyl (C=O) groups is 1. The van der Waals surface area contributed by atoms with Crippen LogP contribution in [0.3, 0.4) is 0 Å². The smallest absolute Gasteiger partial charge is 0.196 e. The molecule has 2 nitrogen and oxygen atoms in total. The van der Waals surface area contributed by atoms with Gasteiger partial charge < -0.3 is 5.73 Å². The van der Waals surface area contributed by atoms with Gasteiger partial charge in [-0.1, -0.05) is 12.1 Å². The zero-order valence-corrected chi connectivity index (χ0v) is 11.5. The molecule has 2 aromatic carbocycles. The van der Waals surface area contributed by atoms with Gasteiger partial charge in [0.1, 0.15) is 5.82 Å². The normalized spacial score (nSPS) is 13.8. The molecule has 108 valence electrons. The van der Waals surface area contributed by atoms with E-state index in [1.54, 1.807) is 12.1 Å². The maximum Gasteiger partial charge on any atom is 0.196 e. The molecule has 4 heteroatoms. The quantitative estimate of drug-likeness (QED) is 0.676. The number of nitrogens with two attached hydrogens (primary N) is 1. The molecule has 0 saturated carbocycles. The largest absolute Gasteiger partial charge is 0.396 e. The second-order valence-electron chi connectivity index (χ2n) is 5.38. The zero-order valence-electron chi connectivity index (χ0n) is 11.5. The Bertz CT molecular complexity index is 725. The first-order valence-corrected chi connectivity index (χ1v) is 6.97. The highest BCUT2D eigenvalue weighted by atomic mass is 19.1. The second kappa shape index (κ2) is 5.28. The third kappa shape index (κ3) is 2.53. The molecule has 0 radical (unpaired) electrons.